The number of nitriles is 1. The number of hydrogen-bond donors (Lipinski definition) is 1. The molecule has 1 aromatic carbocycles. The molecule has 0 radical (unpaired) electrons. The van der Waals surface area contributed by atoms with Crippen LogP contribution in [0.3, 0.4) is 0 Å². The van der Waals surface area contributed by atoms with Gasteiger partial charge in [0.1, 0.15) is 11.3 Å². The van der Waals surface area contributed by atoms with Crippen molar-refractivity contribution in [2.75, 3.05) is 6.61 Å². The van der Waals surface area contributed by atoms with E-state index in [1.165, 1.54) is 6.92 Å². The molecule has 0 heterocycles. The largest absolute Gasteiger partial charge is 0.479 e. The summed E-state index contributed by atoms with van der Waals surface area (Å²) in [6.45, 7) is 6.29. The van der Waals surface area contributed by atoms with E-state index in [-0.39, 0.29) is 5.92 Å². The van der Waals surface area contributed by atoms with Gasteiger partial charge < -0.3 is 14.8 Å². The second kappa shape index (κ2) is 8.55. The number of rotatable bonds is 7. The van der Waals surface area contributed by atoms with Crippen LogP contribution in [0.15, 0.2) is 24.3 Å². The Bertz CT molecular complexity index is 624. The van der Waals surface area contributed by atoms with Gasteiger partial charge in [0, 0.05) is 5.02 Å². The average molecular weight is 353 g/mol. The number of carbonyl (C=O) groups excluding carboxylic acids is 2. The van der Waals surface area contributed by atoms with E-state index in [2.05, 4.69) is 5.32 Å². The van der Waals surface area contributed by atoms with Crippen LogP contribution < -0.4 is 10.1 Å². The van der Waals surface area contributed by atoms with Gasteiger partial charge in [0.2, 0.25) is 0 Å². The summed E-state index contributed by atoms with van der Waals surface area (Å²) in [6.07, 6.45) is -0.883. The van der Waals surface area contributed by atoms with Gasteiger partial charge in [0.25, 0.3) is 5.91 Å². The first-order valence-corrected chi connectivity index (χ1v) is 7.87. The van der Waals surface area contributed by atoms with Crippen molar-refractivity contribution < 1.29 is 19.1 Å². The van der Waals surface area contributed by atoms with E-state index in [4.69, 9.17) is 26.3 Å². The first-order chi connectivity index (χ1) is 11.2. The number of ether oxygens (including phenoxy) is 2. The second-order valence-corrected chi connectivity index (χ2v) is 6.28. The highest BCUT2D eigenvalue weighted by atomic mass is 35.5. The molecule has 6 nitrogen and oxygen atoms in total. The summed E-state index contributed by atoms with van der Waals surface area (Å²) in [5.41, 5.74) is -1.02. The summed E-state index contributed by atoms with van der Waals surface area (Å²) >= 11 is 5.77. The van der Waals surface area contributed by atoms with Crippen LogP contribution in [0.1, 0.15) is 27.7 Å². The maximum atomic E-state index is 11.9. The van der Waals surface area contributed by atoms with Crippen molar-refractivity contribution in [2.24, 2.45) is 5.92 Å². The number of benzene rings is 1. The SMILES string of the molecule is CC(C)[C@](C)(C#N)NC(=O)COC(=O)[C@H](C)Oc1ccc(Cl)cc1. The topological polar surface area (TPSA) is 88.4 Å². The summed E-state index contributed by atoms with van der Waals surface area (Å²) < 4.78 is 10.3. The summed E-state index contributed by atoms with van der Waals surface area (Å²) in [7, 11) is 0. The van der Waals surface area contributed by atoms with Gasteiger partial charge in [-0.1, -0.05) is 25.4 Å². The van der Waals surface area contributed by atoms with Crippen LogP contribution in [0.25, 0.3) is 0 Å². The minimum Gasteiger partial charge on any atom is -0.479 e. The summed E-state index contributed by atoms with van der Waals surface area (Å²) in [5.74, 6) is -0.845. The van der Waals surface area contributed by atoms with Gasteiger partial charge in [-0.25, -0.2) is 4.79 Å². The first kappa shape index (κ1) is 19.8. The van der Waals surface area contributed by atoms with Gasteiger partial charge in [0.15, 0.2) is 12.7 Å². The molecule has 1 rings (SSSR count). The normalized spacial score (nSPS) is 14.2. The lowest BCUT2D eigenvalue weighted by Gasteiger charge is -2.27. The fourth-order valence-electron chi connectivity index (χ4n) is 1.65. The summed E-state index contributed by atoms with van der Waals surface area (Å²) in [6, 6.07) is 8.57. The number of halogens is 1. The standard InChI is InChI=1S/C17H21ClN2O4/c1-11(2)17(4,10-19)20-15(21)9-23-16(22)12(3)24-14-7-5-13(18)6-8-14/h5-8,11-12H,9H2,1-4H3,(H,20,21)/t12-,17-/m0/s1. The molecule has 130 valence electrons. The molecule has 0 saturated carbocycles. The molecular formula is C17H21ClN2O4. The highest BCUT2D eigenvalue weighted by Crippen LogP contribution is 2.17. The third kappa shape index (κ3) is 5.74. The van der Waals surface area contributed by atoms with Crippen LogP contribution >= 0.6 is 11.6 Å². The minimum absolute atomic E-state index is 0.0886. The van der Waals surface area contributed by atoms with E-state index >= 15 is 0 Å². The van der Waals surface area contributed by atoms with E-state index in [9.17, 15) is 9.59 Å². The van der Waals surface area contributed by atoms with Crippen molar-refractivity contribution in [1.29, 1.82) is 5.26 Å². The predicted molar refractivity (Wildman–Crippen MR) is 89.5 cm³/mol. The lowest BCUT2D eigenvalue weighted by atomic mass is 9.90. The van der Waals surface area contributed by atoms with Crippen LogP contribution in [-0.4, -0.2) is 30.1 Å². The monoisotopic (exact) mass is 352 g/mol. The van der Waals surface area contributed by atoms with Crippen molar-refractivity contribution in [1.82, 2.24) is 5.32 Å². The predicted octanol–water partition coefficient (Wildman–Crippen LogP) is 2.70. The fraction of sp³-hybridized carbons (Fsp3) is 0.471. The van der Waals surface area contributed by atoms with Crippen LogP contribution in [-0.2, 0) is 14.3 Å². The van der Waals surface area contributed by atoms with Crippen molar-refractivity contribution in [3.05, 3.63) is 29.3 Å². The number of nitrogens with zero attached hydrogens (tertiary/aromatic N) is 1. The zero-order chi connectivity index (χ0) is 18.3. The van der Waals surface area contributed by atoms with E-state index in [0.29, 0.717) is 10.8 Å². The Morgan fingerprint density at radius 1 is 1.29 bits per heavy atom. The number of amides is 1. The molecule has 0 aliphatic heterocycles. The van der Waals surface area contributed by atoms with Crippen molar-refractivity contribution in [3.8, 4) is 11.8 Å². The molecule has 1 amide bonds. The van der Waals surface area contributed by atoms with Gasteiger partial charge >= 0.3 is 5.97 Å². The van der Waals surface area contributed by atoms with Gasteiger partial charge in [-0.3, -0.25) is 4.79 Å². The number of carbonyl (C=O) groups is 2. The van der Waals surface area contributed by atoms with Crippen molar-refractivity contribution in [2.45, 2.75) is 39.3 Å². The van der Waals surface area contributed by atoms with E-state index in [0.717, 1.165) is 0 Å². The molecule has 0 aliphatic rings. The Kier molecular flexibility index (Phi) is 7.05. The molecule has 24 heavy (non-hydrogen) atoms. The Hall–Kier alpha value is -2.26. The molecule has 0 aliphatic carbocycles. The molecule has 1 N–H and O–H groups in total. The number of esters is 1. The third-order valence-electron chi connectivity index (χ3n) is 3.59. The highest BCUT2D eigenvalue weighted by molar-refractivity contribution is 6.30. The number of nitrogens with one attached hydrogen (secondary N) is 1. The summed E-state index contributed by atoms with van der Waals surface area (Å²) in [5, 5.41) is 12.3. The molecule has 0 saturated heterocycles. The first-order valence-electron chi connectivity index (χ1n) is 7.49. The van der Waals surface area contributed by atoms with E-state index in [1.54, 1.807) is 31.2 Å². The lowest BCUT2D eigenvalue weighted by Crippen LogP contribution is -2.50. The third-order valence-corrected chi connectivity index (χ3v) is 3.84. The van der Waals surface area contributed by atoms with Crippen molar-refractivity contribution >= 4 is 23.5 Å². The second-order valence-electron chi connectivity index (χ2n) is 5.84. The molecular weight excluding hydrogens is 332 g/mol. The summed E-state index contributed by atoms with van der Waals surface area (Å²) in [4.78, 5) is 23.7. The Labute approximate surface area is 146 Å². The van der Waals surface area contributed by atoms with Crippen molar-refractivity contribution in [3.63, 3.8) is 0 Å². The maximum absolute atomic E-state index is 11.9. The van der Waals surface area contributed by atoms with Gasteiger partial charge in [0.05, 0.1) is 6.07 Å². The molecule has 0 unspecified atom stereocenters. The number of hydrogen-bond acceptors (Lipinski definition) is 5. The highest BCUT2D eigenvalue weighted by Gasteiger charge is 2.30. The molecule has 0 spiro atoms. The van der Waals surface area contributed by atoms with Gasteiger partial charge in [-0.05, 0) is 44.0 Å². The van der Waals surface area contributed by atoms with Crippen LogP contribution in [0.5, 0.6) is 5.75 Å². The quantitative estimate of drug-likeness (QED) is 0.762. The molecule has 2 atom stereocenters. The van der Waals surface area contributed by atoms with E-state index in [1.807, 2.05) is 19.9 Å². The van der Waals surface area contributed by atoms with Gasteiger partial charge in [-0.2, -0.15) is 5.26 Å². The Morgan fingerprint density at radius 2 is 1.88 bits per heavy atom. The maximum Gasteiger partial charge on any atom is 0.347 e. The molecule has 0 aromatic heterocycles. The van der Waals surface area contributed by atoms with Crippen LogP contribution in [0.4, 0.5) is 0 Å². The zero-order valence-electron chi connectivity index (χ0n) is 14.1. The molecule has 7 heteroatoms. The smallest absolute Gasteiger partial charge is 0.347 e. The lowest BCUT2D eigenvalue weighted by molar-refractivity contribution is -0.155. The zero-order valence-corrected chi connectivity index (χ0v) is 14.9. The van der Waals surface area contributed by atoms with E-state index < -0.39 is 30.1 Å². The molecule has 0 bridgehead atoms. The average Bonchev–Trinajstić information content (AvgIpc) is 2.54. The minimum atomic E-state index is -1.02. The van der Waals surface area contributed by atoms with Gasteiger partial charge in [-0.15, -0.1) is 0 Å². The molecule has 0 fully saturated rings. The molecule has 1 aromatic rings. The van der Waals surface area contributed by atoms with Crippen LogP contribution in [0.2, 0.25) is 5.02 Å². The Balaban J connectivity index is 2.49. The fourth-order valence-corrected chi connectivity index (χ4v) is 1.77. The Morgan fingerprint density at radius 3 is 2.38 bits per heavy atom. The van der Waals surface area contributed by atoms with Crippen LogP contribution in [0, 0.1) is 17.2 Å².